The minimum atomic E-state index is -0.144. The van der Waals surface area contributed by atoms with Crippen LogP contribution in [0.3, 0.4) is 0 Å². The summed E-state index contributed by atoms with van der Waals surface area (Å²) in [4.78, 5) is 28.9. The minimum absolute atomic E-state index is 0.0159. The molecule has 2 N–H and O–H groups in total. The number of likely N-dealkylation sites (tertiary alicyclic amines) is 1. The van der Waals surface area contributed by atoms with Crippen LogP contribution in [0.25, 0.3) is 0 Å². The largest absolute Gasteiger partial charge is 0.496 e. The second-order valence-corrected chi connectivity index (χ2v) is 7.16. The second kappa shape index (κ2) is 9.12. The van der Waals surface area contributed by atoms with Crippen LogP contribution in [0.5, 0.6) is 5.75 Å². The van der Waals surface area contributed by atoms with Gasteiger partial charge in [0.1, 0.15) is 5.75 Å². The third kappa shape index (κ3) is 4.61. The molecule has 1 saturated heterocycles. The van der Waals surface area contributed by atoms with Crippen LogP contribution in [-0.2, 0) is 4.79 Å². The molecule has 0 aromatic heterocycles. The first-order chi connectivity index (χ1) is 12.4. The molecule has 0 radical (unpaired) electrons. The summed E-state index contributed by atoms with van der Waals surface area (Å²) in [5, 5.41) is 0.330. The molecule has 2 amide bonds. The Hall–Kier alpha value is -1.95. The number of hydrogen-bond donors (Lipinski definition) is 1. The predicted molar refractivity (Wildman–Crippen MR) is 104 cm³/mol. The van der Waals surface area contributed by atoms with Crippen LogP contribution in [0.15, 0.2) is 12.1 Å². The van der Waals surface area contributed by atoms with E-state index in [0.717, 1.165) is 19.4 Å². The van der Waals surface area contributed by atoms with Gasteiger partial charge in [0.15, 0.2) is 0 Å². The highest BCUT2D eigenvalue weighted by Gasteiger charge is 2.30. The van der Waals surface area contributed by atoms with E-state index in [2.05, 4.69) is 6.92 Å². The predicted octanol–water partition coefficient (Wildman–Crippen LogP) is 3.04. The standard InChI is InChI=1S/C19H28ClN3O3/c1-4-5-8-22(2)18(24)13-6-9-23(10-7-13)19(25)14-11-15(20)16(21)12-17(14)26-3/h11-13H,4-10,21H2,1-3H3. The molecule has 1 aromatic rings. The van der Waals surface area contributed by atoms with Gasteiger partial charge in [0.25, 0.3) is 5.91 Å². The fourth-order valence-electron chi connectivity index (χ4n) is 3.22. The van der Waals surface area contributed by atoms with Gasteiger partial charge in [0.2, 0.25) is 5.91 Å². The SMILES string of the molecule is CCCCN(C)C(=O)C1CCN(C(=O)c2cc(Cl)c(N)cc2OC)CC1. The van der Waals surface area contributed by atoms with E-state index in [4.69, 9.17) is 22.1 Å². The van der Waals surface area contributed by atoms with Gasteiger partial charge in [-0.05, 0) is 25.3 Å². The topological polar surface area (TPSA) is 75.9 Å². The Balaban J connectivity index is 2.01. The van der Waals surface area contributed by atoms with Crippen molar-refractivity contribution in [2.45, 2.75) is 32.6 Å². The van der Waals surface area contributed by atoms with E-state index in [-0.39, 0.29) is 17.7 Å². The van der Waals surface area contributed by atoms with Crippen LogP contribution >= 0.6 is 11.6 Å². The highest BCUT2D eigenvalue weighted by molar-refractivity contribution is 6.33. The first-order valence-corrected chi connectivity index (χ1v) is 9.44. The summed E-state index contributed by atoms with van der Waals surface area (Å²) in [6.07, 6.45) is 3.42. The number of unbranched alkanes of at least 4 members (excludes halogenated alkanes) is 1. The van der Waals surface area contributed by atoms with Crippen molar-refractivity contribution in [2.24, 2.45) is 5.92 Å². The minimum Gasteiger partial charge on any atom is -0.496 e. The first kappa shape index (κ1) is 20.4. The van der Waals surface area contributed by atoms with Gasteiger partial charge in [-0.3, -0.25) is 9.59 Å². The molecule has 0 saturated carbocycles. The van der Waals surface area contributed by atoms with Crippen molar-refractivity contribution in [3.8, 4) is 5.75 Å². The van der Waals surface area contributed by atoms with E-state index < -0.39 is 0 Å². The van der Waals surface area contributed by atoms with Gasteiger partial charge in [-0.1, -0.05) is 24.9 Å². The average molecular weight is 382 g/mol. The normalized spacial score (nSPS) is 15.0. The highest BCUT2D eigenvalue weighted by atomic mass is 35.5. The zero-order valence-corrected chi connectivity index (χ0v) is 16.5. The van der Waals surface area contributed by atoms with Crippen molar-refractivity contribution in [3.05, 3.63) is 22.7 Å². The third-order valence-corrected chi connectivity index (χ3v) is 5.23. The monoisotopic (exact) mass is 381 g/mol. The highest BCUT2D eigenvalue weighted by Crippen LogP contribution is 2.31. The molecule has 26 heavy (non-hydrogen) atoms. The Morgan fingerprint density at radius 2 is 2.00 bits per heavy atom. The summed E-state index contributed by atoms with van der Waals surface area (Å²) < 4.78 is 5.27. The number of piperidine rings is 1. The summed E-state index contributed by atoms with van der Waals surface area (Å²) in [5.41, 5.74) is 6.55. The molecule has 7 heteroatoms. The van der Waals surface area contributed by atoms with Crippen molar-refractivity contribution in [1.82, 2.24) is 9.80 Å². The fourth-order valence-corrected chi connectivity index (χ4v) is 3.39. The molecular weight excluding hydrogens is 354 g/mol. The van der Waals surface area contributed by atoms with E-state index in [1.54, 1.807) is 17.0 Å². The lowest BCUT2D eigenvalue weighted by atomic mass is 9.94. The lowest BCUT2D eigenvalue weighted by molar-refractivity contribution is -0.135. The van der Waals surface area contributed by atoms with Gasteiger partial charge < -0.3 is 20.3 Å². The van der Waals surface area contributed by atoms with Crippen molar-refractivity contribution in [2.75, 3.05) is 39.5 Å². The number of rotatable bonds is 6. The number of methoxy groups -OCH3 is 1. The molecule has 1 fully saturated rings. The van der Waals surface area contributed by atoms with E-state index >= 15 is 0 Å². The summed E-state index contributed by atoms with van der Waals surface area (Å²) in [6, 6.07) is 3.11. The number of carbonyl (C=O) groups is 2. The maximum absolute atomic E-state index is 12.8. The number of hydrogen-bond acceptors (Lipinski definition) is 4. The summed E-state index contributed by atoms with van der Waals surface area (Å²) in [5.74, 6) is 0.430. The number of nitrogen functional groups attached to an aromatic ring is 1. The number of amides is 2. The molecule has 0 spiro atoms. The smallest absolute Gasteiger partial charge is 0.257 e. The lowest BCUT2D eigenvalue weighted by Gasteiger charge is -2.33. The number of ether oxygens (including phenoxy) is 1. The number of anilines is 1. The number of nitrogens with zero attached hydrogens (tertiary/aromatic N) is 2. The van der Waals surface area contributed by atoms with Crippen molar-refractivity contribution < 1.29 is 14.3 Å². The van der Waals surface area contributed by atoms with Gasteiger partial charge in [-0.2, -0.15) is 0 Å². The quantitative estimate of drug-likeness (QED) is 0.768. The van der Waals surface area contributed by atoms with Crippen molar-refractivity contribution in [1.29, 1.82) is 0 Å². The van der Waals surface area contributed by atoms with Crippen LogP contribution in [-0.4, -0.2) is 55.4 Å². The van der Waals surface area contributed by atoms with Crippen LogP contribution in [0, 0.1) is 5.92 Å². The van der Waals surface area contributed by atoms with Crippen molar-refractivity contribution >= 4 is 29.1 Å². The van der Waals surface area contributed by atoms with Gasteiger partial charge in [-0.25, -0.2) is 0 Å². The van der Waals surface area contributed by atoms with E-state index in [1.807, 2.05) is 11.9 Å². The fraction of sp³-hybridized carbons (Fsp3) is 0.579. The number of carbonyl (C=O) groups excluding carboxylic acids is 2. The molecule has 0 atom stereocenters. The van der Waals surface area contributed by atoms with Gasteiger partial charge in [-0.15, -0.1) is 0 Å². The Labute approximate surface area is 160 Å². The molecule has 1 heterocycles. The lowest BCUT2D eigenvalue weighted by Crippen LogP contribution is -2.43. The Morgan fingerprint density at radius 1 is 1.35 bits per heavy atom. The molecule has 2 rings (SSSR count). The zero-order valence-electron chi connectivity index (χ0n) is 15.8. The molecule has 1 aliphatic heterocycles. The molecule has 144 valence electrons. The molecule has 0 unspecified atom stereocenters. The number of halogens is 1. The molecule has 0 aliphatic carbocycles. The maximum Gasteiger partial charge on any atom is 0.257 e. The van der Waals surface area contributed by atoms with Crippen LogP contribution < -0.4 is 10.5 Å². The Kier molecular flexibility index (Phi) is 7.14. The first-order valence-electron chi connectivity index (χ1n) is 9.06. The van der Waals surface area contributed by atoms with Crippen LogP contribution in [0.1, 0.15) is 43.0 Å². The Morgan fingerprint density at radius 3 is 2.58 bits per heavy atom. The average Bonchev–Trinajstić information content (AvgIpc) is 2.66. The van der Waals surface area contributed by atoms with E-state index in [0.29, 0.717) is 48.0 Å². The van der Waals surface area contributed by atoms with Gasteiger partial charge >= 0.3 is 0 Å². The summed E-state index contributed by atoms with van der Waals surface area (Å²) in [6.45, 7) is 3.99. The zero-order chi connectivity index (χ0) is 19.3. The molecule has 0 bridgehead atoms. The number of nitrogens with two attached hydrogens (primary N) is 1. The van der Waals surface area contributed by atoms with Crippen LogP contribution in [0.4, 0.5) is 5.69 Å². The van der Waals surface area contributed by atoms with Gasteiger partial charge in [0, 0.05) is 38.7 Å². The van der Waals surface area contributed by atoms with E-state index in [1.165, 1.54) is 7.11 Å². The molecule has 1 aromatic carbocycles. The Bertz CT molecular complexity index is 658. The van der Waals surface area contributed by atoms with Crippen LogP contribution in [0.2, 0.25) is 5.02 Å². The van der Waals surface area contributed by atoms with E-state index in [9.17, 15) is 9.59 Å². The number of benzene rings is 1. The summed E-state index contributed by atoms with van der Waals surface area (Å²) in [7, 11) is 3.35. The molecule has 1 aliphatic rings. The maximum atomic E-state index is 12.8. The molecule has 6 nitrogen and oxygen atoms in total. The second-order valence-electron chi connectivity index (χ2n) is 6.75. The van der Waals surface area contributed by atoms with Gasteiger partial charge in [0.05, 0.1) is 23.4 Å². The van der Waals surface area contributed by atoms with Crippen molar-refractivity contribution in [3.63, 3.8) is 0 Å². The molecular formula is C19H28ClN3O3. The third-order valence-electron chi connectivity index (χ3n) is 4.90. The summed E-state index contributed by atoms with van der Waals surface area (Å²) >= 11 is 6.07.